The number of fused-ring (bicyclic) bond motifs is 1. The summed E-state index contributed by atoms with van der Waals surface area (Å²) in [6.45, 7) is 3.31. The topological polar surface area (TPSA) is 59.3 Å². The van der Waals surface area contributed by atoms with Crippen LogP contribution in [0.1, 0.15) is 41.3 Å². The van der Waals surface area contributed by atoms with Gasteiger partial charge in [-0.05, 0) is 59.1 Å². The predicted octanol–water partition coefficient (Wildman–Crippen LogP) is 5.17. The van der Waals surface area contributed by atoms with Crippen molar-refractivity contribution in [2.45, 2.75) is 43.6 Å². The second-order valence-electron chi connectivity index (χ2n) is 10.5. The number of benzene rings is 3. The molecular weight excluding hydrogens is 517 g/mol. The van der Waals surface area contributed by atoms with Crippen LogP contribution in [0.3, 0.4) is 0 Å². The highest BCUT2D eigenvalue weighted by atomic mass is 19.4. The van der Waals surface area contributed by atoms with Crippen molar-refractivity contribution in [2.24, 2.45) is 0 Å². The van der Waals surface area contributed by atoms with Gasteiger partial charge in [0.1, 0.15) is 5.75 Å². The van der Waals surface area contributed by atoms with Crippen molar-refractivity contribution < 1.29 is 17.9 Å². The third-order valence-electron chi connectivity index (χ3n) is 8.09. The van der Waals surface area contributed by atoms with Crippen molar-refractivity contribution in [2.75, 3.05) is 26.7 Å². The van der Waals surface area contributed by atoms with Gasteiger partial charge in [-0.3, -0.25) is 9.80 Å². The molecule has 3 aromatic carbocycles. The van der Waals surface area contributed by atoms with Crippen LogP contribution in [0, 0.1) is 0 Å². The number of hydrogen-bond donors (Lipinski definition) is 0. The van der Waals surface area contributed by atoms with Gasteiger partial charge in [0.25, 0.3) is 5.82 Å². The van der Waals surface area contributed by atoms with E-state index in [2.05, 4.69) is 73.9 Å². The number of methoxy groups -OCH3 is 1. The average molecular weight is 549 g/mol. The fraction of sp³-hybridized carbons (Fsp3) is 0.367. The van der Waals surface area contributed by atoms with E-state index < -0.39 is 12.0 Å². The number of alkyl halides is 3. The van der Waals surface area contributed by atoms with Gasteiger partial charge in [0, 0.05) is 43.2 Å². The van der Waals surface area contributed by atoms with Crippen LogP contribution < -0.4 is 4.74 Å². The zero-order valence-corrected chi connectivity index (χ0v) is 22.2. The van der Waals surface area contributed by atoms with Gasteiger partial charge in [-0.25, -0.2) is 0 Å². The number of piperazine rings is 1. The van der Waals surface area contributed by atoms with E-state index in [9.17, 15) is 13.2 Å². The largest absolute Gasteiger partial charge is 0.496 e. The van der Waals surface area contributed by atoms with Gasteiger partial charge in [0.2, 0.25) is 0 Å². The van der Waals surface area contributed by atoms with Gasteiger partial charge >= 0.3 is 6.18 Å². The zero-order valence-electron chi connectivity index (χ0n) is 22.2. The monoisotopic (exact) mass is 548 g/mol. The maximum absolute atomic E-state index is 13.5. The van der Waals surface area contributed by atoms with E-state index in [-0.39, 0.29) is 17.6 Å². The molecule has 0 amide bonds. The lowest BCUT2D eigenvalue weighted by Crippen LogP contribution is -2.57. The first kappa shape index (κ1) is 26.5. The highest BCUT2D eigenvalue weighted by Crippen LogP contribution is 2.38. The summed E-state index contributed by atoms with van der Waals surface area (Å²) in [5, 5.41) is 10.1. The Balaban J connectivity index is 1.34. The van der Waals surface area contributed by atoms with Gasteiger partial charge in [-0.15, -0.1) is 5.10 Å². The molecule has 0 saturated carbocycles. The molecule has 0 aliphatic carbocycles. The van der Waals surface area contributed by atoms with E-state index in [1.165, 1.54) is 11.1 Å². The van der Waals surface area contributed by atoms with Crippen molar-refractivity contribution in [1.82, 2.24) is 30.0 Å². The summed E-state index contributed by atoms with van der Waals surface area (Å²) in [7, 11) is 1.58. The lowest BCUT2D eigenvalue weighted by Gasteiger charge is -2.47. The van der Waals surface area contributed by atoms with E-state index in [0.717, 1.165) is 42.7 Å². The molecule has 40 heavy (non-hydrogen) atoms. The first-order chi connectivity index (χ1) is 19.4. The van der Waals surface area contributed by atoms with E-state index in [0.29, 0.717) is 18.3 Å². The minimum atomic E-state index is -4.67. The second kappa shape index (κ2) is 11.0. The van der Waals surface area contributed by atoms with E-state index in [4.69, 9.17) is 4.74 Å². The summed E-state index contributed by atoms with van der Waals surface area (Å²) < 4.78 is 46.9. The SMILES string of the molecule is COc1ccc(-n2nnnc2C(F)(F)F)cc1CN1C[C@H]2CCCN2[C@H](C(c2ccccc2)c2ccccc2)C1. The van der Waals surface area contributed by atoms with Crippen LogP contribution >= 0.6 is 0 Å². The summed E-state index contributed by atoms with van der Waals surface area (Å²) in [4.78, 5) is 5.09. The summed E-state index contributed by atoms with van der Waals surface area (Å²) in [5.41, 5.74) is 3.61. The van der Waals surface area contributed by atoms with Gasteiger partial charge in [0.05, 0.1) is 12.8 Å². The average Bonchev–Trinajstić information content (AvgIpc) is 3.65. The highest BCUT2D eigenvalue weighted by molar-refractivity contribution is 5.44. The van der Waals surface area contributed by atoms with Crippen LogP contribution in [0.15, 0.2) is 78.9 Å². The Labute approximate surface area is 231 Å². The lowest BCUT2D eigenvalue weighted by molar-refractivity contribution is -0.146. The van der Waals surface area contributed by atoms with Crippen LogP contribution in [-0.2, 0) is 12.7 Å². The molecule has 0 N–H and O–H groups in total. The lowest BCUT2D eigenvalue weighted by atomic mass is 9.82. The second-order valence-corrected chi connectivity index (χ2v) is 10.5. The number of aromatic nitrogens is 4. The summed E-state index contributed by atoms with van der Waals surface area (Å²) in [5.74, 6) is -0.343. The number of rotatable bonds is 7. The minimum absolute atomic E-state index is 0.189. The molecule has 0 spiro atoms. The van der Waals surface area contributed by atoms with Crippen molar-refractivity contribution in [3.63, 3.8) is 0 Å². The van der Waals surface area contributed by atoms with Crippen LogP contribution in [0.4, 0.5) is 13.2 Å². The van der Waals surface area contributed by atoms with Crippen molar-refractivity contribution in [3.8, 4) is 11.4 Å². The maximum Gasteiger partial charge on any atom is 0.453 e. The molecule has 1 aromatic heterocycles. The minimum Gasteiger partial charge on any atom is -0.496 e. The van der Waals surface area contributed by atoms with Crippen LogP contribution in [0.5, 0.6) is 5.75 Å². The molecule has 4 aromatic rings. The molecule has 10 heteroatoms. The maximum atomic E-state index is 13.5. The summed E-state index contributed by atoms with van der Waals surface area (Å²) in [6, 6.07) is 26.9. The Morgan fingerprint density at radius 1 is 0.950 bits per heavy atom. The molecule has 7 nitrogen and oxygen atoms in total. The van der Waals surface area contributed by atoms with Crippen LogP contribution in [-0.4, -0.2) is 68.8 Å². The number of ether oxygens (including phenoxy) is 1. The molecule has 2 saturated heterocycles. The normalized spacial score (nSPS) is 20.1. The van der Waals surface area contributed by atoms with Gasteiger partial charge in [-0.1, -0.05) is 60.7 Å². The third-order valence-corrected chi connectivity index (χ3v) is 8.09. The number of nitrogens with zero attached hydrogens (tertiary/aromatic N) is 6. The fourth-order valence-corrected chi connectivity index (χ4v) is 6.42. The first-order valence-electron chi connectivity index (χ1n) is 13.5. The molecule has 2 aliphatic heterocycles. The predicted molar refractivity (Wildman–Crippen MR) is 144 cm³/mol. The van der Waals surface area contributed by atoms with Crippen molar-refractivity contribution in [1.29, 1.82) is 0 Å². The molecule has 2 atom stereocenters. The summed E-state index contributed by atoms with van der Waals surface area (Å²) >= 11 is 0. The van der Waals surface area contributed by atoms with Crippen LogP contribution in [0.25, 0.3) is 5.69 Å². The number of hydrogen-bond acceptors (Lipinski definition) is 6. The Kier molecular flexibility index (Phi) is 7.29. The first-order valence-corrected chi connectivity index (χ1v) is 13.5. The van der Waals surface area contributed by atoms with Crippen LogP contribution in [0.2, 0.25) is 0 Å². The fourth-order valence-electron chi connectivity index (χ4n) is 6.42. The van der Waals surface area contributed by atoms with Crippen molar-refractivity contribution >= 4 is 0 Å². The number of tetrazole rings is 1. The smallest absolute Gasteiger partial charge is 0.453 e. The molecule has 2 aliphatic rings. The number of halogens is 3. The Morgan fingerprint density at radius 2 is 1.65 bits per heavy atom. The van der Waals surface area contributed by atoms with Gasteiger partial charge < -0.3 is 4.74 Å². The molecule has 208 valence electrons. The highest BCUT2D eigenvalue weighted by Gasteiger charge is 2.42. The quantitative estimate of drug-likeness (QED) is 0.318. The molecule has 0 radical (unpaired) electrons. The standard InChI is InChI=1S/C30H31F3N6O/c1-40-27-15-14-24(39-29(30(31,32)33)34-35-36-39)17-23(27)18-37-19-25-13-8-16-38(25)26(20-37)28(21-9-4-2-5-10-21)22-11-6-3-7-12-22/h2-7,9-12,14-15,17,25-26,28H,8,13,16,18-20H2,1H3/t25-,26+/m1/s1. The Morgan fingerprint density at radius 3 is 2.30 bits per heavy atom. The molecule has 0 bridgehead atoms. The molecule has 3 heterocycles. The Hall–Kier alpha value is -3.76. The molecule has 0 unspecified atom stereocenters. The Bertz CT molecular complexity index is 1390. The van der Waals surface area contributed by atoms with E-state index >= 15 is 0 Å². The zero-order chi connectivity index (χ0) is 27.7. The molecular formula is C30H31F3N6O. The van der Waals surface area contributed by atoms with E-state index in [1.54, 1.807) is 25.3 Å². The van der Waals surface area contributed by atoms with Crippen molar-refractivity contribution in [3.05, 3.63) is 101 Å². The summed E-state index contributed by atoms with van der Waals surface area (Å²) in [6.07, 6.45) is -2.39. The van der Waals surface area contributed by atoms with Gasteiger partial charge in [-0.2, -0.15) is 17.9 Å². The molecule has 6 rings (SSSR count). The molecule has 2 fully saturated rings. The van der Waals surface area contributed by atoms with E-state index in [1.807, 2.05) is 12.1 Å². The third kappa shape index (κ3) is 5.21. The van der Waals surface area contributed by atoms with Gasteiger partial charge in [0.15, 0.2) is 0 Å².